The van der Waals surface area contributed by atoms with Crippen LogP contribution in [0.5, 0.6) is 5.75 Å². The molecule has 0 bridgehead atoms. The molecule has 0 heterocycles. The lowest BCUT2D eigenvalue weighted by molar-refractivity contribution is 0.101. The van der Waals surface area contributed by atoms with Gasteiger partial charge in [-0.15, -0.1) is 0 Å². The number of carbonyl (C=O) groups is 1. The van der Waals surface area contributed by atoms with Crippen LogP contribution in [0.4, 0.5) is 8.78 Å². The maximum atomic E-state index is 13.4. The summed E-state index contributed by atoms with van der Waals surface area (Å²) in [6, 6.07) is 8.02. The van der Waals surface area contributed by atoms with Crippen molar-refractivity contribution in [2.45, 2.75) is 11.8 Å². The van der Waals surface area contributed by atoms with Gasteiger partial charge < -0.3 is 4.74 Å². The fourth-order valence-electron chi connectivity index (χ4n) is 1.71. The molecule has 0 aromatic heterocycles. The summed E-state index contributed by atoms with van der Waals surface area (Å²) in [5.74, 6) is -3.25. The van der Waals surface area contributed by atoms with Crippen molar-refractivity contribution >= 4 is 15.6 Å². The predicted octanol–water partition coefficient (Wildman–Crippen LogP) is 2.98. The van der Waals surface area contributed by atoms with E-state index in [0.29, 0.717) is 6.07 Å². The van der Waals surface area contributed by atoms with E-state index < -0.39 is 27.4 Å². The molecule has 0 unspecified atom stereocenters. The average Bonchev–Trinajstić information content (AvgIpc) is 2.46. The second kappa shape index (κ2) is 6.23. The van der Waals surface area contributed by atoms with Crippen molar-refractivity contribution in [3.8, 4) is 5.75 Å². The Morgan fingerprint density at radius 1 is 1.14 bits per heavy atom. The molecule has 0 atom stereocenters. The minimum Gasteiger partial charge on any atom is -0.474 e. The van der Waals surface area contributed by atoms with Gasteiger partial charge in [-0.2, -0.15) is 0 Å². The van der Waals surface area contributed by atoms with Gasteiger partial charge in [0.05, 0.1) is 4.90 Å². The van der Waals surface area contributed by atoms with Crippen molar-refractivity contribution in [3.05, 3.63) is 59.7 Å². The molecule has 0 saturated carbocycles. The second-order valence-corrected chi connectivity index (χ2v) is 6.47. The molecule has 0 radical (unpaired) electrons. The molecule has 0 aliphatic carbocycles. The fraction of sp³-hybridized carbons (Fsp3) is 0.133. The first-order valence-corrected chi connectivity index (χ1v) is 7.86. The van der Waals surface area contributed by atoms with Crippen LogP contribution in [0.1, 0.15) is 17.3 Å². The van der Waals surface area contributed by atoms with E-state index in [1.54, 1.807) is 0 Å². The average molecular weight is 326 g/mol. The van der Waals surface area contributed by atoms with Crippen LogP contribution in [0.2, 0.25) is 0 Å². The number of Topliss-reactive ketones (excluding diaryl/α,β-unsaturated/α-hetero) is 1. The molecular weight excluding hydrogens is 314 g/mol. The van der Waals surface area contributed by atoms with Gasteiger partial charge in [0.15, 0.2) is 23.3 Å². The summed E-state index contributed by atoms with van der Waals surface area (Å²) in [6.07, 6.45) is 0. The van der Waals surface area contributed by atoms with Gasteiger partial charge >= 0.3 is 0 Å². The van der Waals surface area contributed by atoms with Gasteiger partial charge in [0.1, 0.15) is 5.82 Å². The Balaban J connectivity index is 2.21. The minimum absolute atomic E-state index is 0.109. The molecule has 2 rings (SSSR count). The van der Waals surface area contributed by atoms with Crippen LogP contribution in [0.15, 0.2) is 47.4 Å². The summed E-state index contributed by atoms with van der Waals surface area (Å²) >= 11 is 0. The molecule has 4 nitrogen and oxygen atoms in total. The molecule has 0 aliphatic heterocycles. The van der Waals surface area contributed by atoms with E-state index in [2.05, 4.69) is 0 Å². The molecule has 22 heavy (non-hydrogen) atoms. The monoisotopic (exact) mass is 326 g/mol. The van der Waals surface area contributed by atoms with Crippen LogP contribution < -0.4 is 4.74 Å². The van der Waals surface area contributed by atoms with Gasteiger partial charge in [-0.25, -0.2) is 17.2 Å². The first-order chi connectivity index (χ1) is 10.3. The summed E-state index contributed by atoms with van der Waals surface area (Å²) < 4.78 is 55.3. The molecule has 0 amide bonds. The van der Waals surface area contributed by atoms with E-state index in [9.17, 15) is 22.0 Å². The van der Waals surface area contributed by atoms with Crippen molar-refractivity contribution in [3.63, 3.8) is 0 Å². The zero-order valence-electron chi connectivity index (χ0n) is 11.5. The van der Waals surface area contributed by atoms with E-state index in [4.69, 9.17) is 4.74 Å². The molecule has 0 aliphatic rings. The third kappa shape index (κ3) is 3.67. The Bertz CT molecular complexity index is 816. The Morgan fingerprint density at radius 3 is 2.50 bits per heavy atom. The third-order valence-electron chi connectivity index (χ3n) is 2.86. The van der Waals surface area contributed by atoms with E-state index in [1.165, 1.54) is 31.2 Å². The van der Waals surface area contributed by atoms with Crippen LogP contribution in [0.3, 0.4) is 0 Å². The Labute approximate surface area is 126 Å². The summed E-state index contributed by atoms with van der Waals surface area (Å²) in [6.45, 7) is 1.32. The summed E-state index contributed by atoms with van der Waals surface area (Å²) in [5, 5.41) is 0. The maximum Gasteiger partial charge on any atom is 0.213 e. The van der Waals surface area contributed by atoms with Gasteiger partial charge in [-0.05, 0) is 31.2 Å². The molecule has 2 aromatic carbocycles. The molecule has 0 saturated heterocycles. The highest BCUT2D eigenvalue weighted by atomic mass is 32.2. The van der Waals surface area contributed by atoms with E-state index >= 15 is 0 Å². The van der Waals surface area contributed by atoms with Gasteiger partial charge in [-0.3, -0.25) is 4.79 Å². The summed E-state index contributed by atoms with van der Waals surface area (Å²) in [7, 11) is -3.88. The third-order valence-corrected chi connectivity index (χ3v) is 4.26. The Hall–Kier alpha value is -2.28. The predicted molar refractivity (Wildman–Crippen MR) is 75.5 cm³/mol. The van der Waals surface area contributed by atoms with Crippen molar-refractivity contribution in [2.75, 3.05) is 5.94 Å². The van der Waals surface area contributed by atoms with Gasteiger partial charge in [0, 0.05) is 11.6 Å². The minimum atomic E-state index is -3.88. The maximum absolute atomic E-state index is 13.4. The normalized spacial score (nSPS) is 11.2. The number of hydrogen-bond acceptors (Lipinski definition) is 4. The number of ketones is 1. The first-order valence-electron chi connectivity index (χ1n) is 6.21. The van der Waals surface area contributed by atoms with Crippen LogP contribution in [0, 0.1) is 11.6 Å². The van der Waals surface area contributed by atoms with E-state index in [-0.39, 0.29) is 22.0 Å². The molecule has 0 fully saturated rings. The molecule has 2 aromatic rings. The van der Waals surface area contributed by atoms with Crippen LogP contribution in [-0.4, -0.2) is 20.1 Å². The quantitative estimate of drug-likeness (QED) is 0.793. The van der Waals surface area contributed by atoms with E-state index in [1.807, 2.05) is 0 Å². The second-order valence-electron chi connectivity index (χ2n) is 4.54. The number of halogens is 2. The molecule has 0 N–H and O–H groups in total. The molecule has 116 valence electrons. The highest BCUT2D eigenvalue weighted by Crippen LogP contribution is 2.20. The number of sulfone groups is 1. The number of rotatable bonds is 5. The van der Waals surface area contributed by atoms with Crippen LogP contribution in [0.25, 0.3) is 0 Å². The van der Waals surface area contributed by atoms with Crippen molar-refractivity contribution in [1.29, 1.82) is 0 Å². The van der Waals surface area contributed by atoms with Crippen molar-refractivity contribution in [2.24, 2.45) is 0 Å². The smallest absolute Gasteiger partial charge is 0.213 e. The standard InChI is InChI=1S/C15H12F2O4S/c1-10(18)11-3-2-4-13(7-11)22(19,20)9-21-15-6-5-12(16)8-14(15)17/h2-8H,9H2,1H3. The van der Waals surface area contributed by atoms with E-state index in [0.717, 1.165) is 12.1 Å². The number of hydrogen-bond donors (Lipinski definition) is 0. The zero-order valence-corrected chi connectivity index (χ0v) is 12.4. The summed E-state index contributed by atoms with van der Waals surface area (Å²) in [5.41, 5.74) is 0.244. The number of benzene rings is 2. The highest BCUT2D eigenvalue weighted by Gasteiger charge is 2.18. The van der Waals surface area contributed by atoms with Gasteiger partial charge in [0.2, 0.25) is 9.84 Å². The largest absolute Gasteiger partial charge is 0.474 e. The van der Waals surface area contributed by atoms with Gasteiger partial charge in [0.25, 0.3) is 0 Å². The zero-order chi connectivity index (χ0) is 16.3. The molecule has 0 spiro atoms. The topological polar surface area (TPSA) is 60.4 Å². The summed E-state index contributed by atoms with van der Waals surface area (Å²) in [4.78, 5) is 11.2. The Morgan fingerprint density at radius 2 is 1.86 bits per heavy atom. The lowest BCUT2D eigenvalue weighted by Gasteiger charge is -2.09. The lowest BCUT2D eigenvalue weighted by Crippen LogP contribution is -2.13. The SMILES string of the molecule is CC(=O)c1cccc(S(=O)(=O)COc2ccc(F)cc2F)c1. The highest BCUT2D eigenvalue weighted by molar-refractivity contribution is 7.91. The fourth-order valence-corrected chi connectivity index (χ4v) is 2.72. The van der Waals surface area contributed by atoms with Crippen molar-refractivity contribution in [1.82, 2.24) is 0 Å². The molecule has 7 heteroatoms. The van der Waals surface area contributed by atoms with Crippen LogP contribution >= 0.6 is 0 Å². The van der Waals surface area contributed by atoms with Crippen molar-refractivity contribution < 1.29 is 26.7 Å². The Kier molecular flexibility index (Phi) is 4.56. The lowest BCUT2D eigenvalue weighted by atomic mass is 10.2. The van der Waals surface area contributed by atoms with Crippen LogP contribution in [-0.2, 0) is 9.84 Å². The first kappa shape index (κ1) is 16.1. The van der Waals surface area contributed by atoms with Gasteiger partial charge in [-0.1, -0.05) is 12.1 Å². The number of carbonyl (C=O) groups excluding carboxylic acids is 1. The number of ether oxygens (including phenoxy) is 1. The molecular formula is C15H12F2O4S.